The molecule has 202 valence electrons. The molecule has 1 aliphatic rings. The van der Waals surface area contributed by atoms with E-state index in [4.69, 9.17) is 15.2 Å². The Morgan fingerprint density at radius 2 is 1.50 bits per heavy atom. The third kappa shape index (κ3) is 4.89. The van der Waals surface area contributed by atoms with E-state index in [2.05, 4.69) is 5.32 Å². The molecule has 1 aromatic heterocycles. The van der Waals surface area contributed by atoms with Gasteiger partial charge in [0.2, 0.25) is 5.78 Å². The van der Waals surface area contributed by atoms with Crippen molar-refractivity contribution in [3.05, 3.63) is 117 Å². The molecule has 7 nitrogen and oxygen atoms in total. The number of allylic oxidation sites excluding steroid dienone is 1. The number of benzene rings is 3. The number of carbonyl (C=O) groups excluding carboxylic acids is 3. The monoisotopic (exact) mass is 552 g/mol. The number of anilines is 2. The molecule has 8 heteroatoms. The summed E-state index contributed by atoms with van der Waals surface area (Å²) in [6.07, 6.45) is 0. The Morgan fingerprint density at radius 1 is 0.875 bits per heavy atom. The lowest BCUT2D eigenvalue weighted by molar-refractivity contribution is -0.138. The van der Waals surface area contributed by atoms with Crippen LogP contribution in [0.25, 0.3) is 11.1 Å². The Hall–Kier alpha value is -4.69. The maximum absolute atomic E-state index is 13.7. The SMILES string of the molecule is CCOC(=O)C1=C(C)Nc2sc(C(=O)c3ccc(-c4ccccc4)cc3)c(N)c2[C@H]1c1ccc(C(=O)OC)cc1. The second-order valence-electron chi connectivity index (χ2n) is 9.29. The maximum atomic E-state index is 13.7. The normalized spacial score (nSPS) is 14.2. The zero-order chi connectivity index (χ0) is 28.4. The van der Waals surface area contributed by atoms with Gasteiger partial charge < -0.3 is 20.5 Å². The van der Waals surface area contributed by atoms with Crippen LogP contribution in [0.5, 0.6) is 0 Å². The molecule has 1 atom stereocenters. The van der Waals surface area contributed by atoms with E-state index in [1.807, 2.05) is 42.5 Å². The fourth-order valence-electron chi connectivity index (χ4n) is 4.92. The van der Waals surface area contributed by atoms with E-state index in [1.54, 1.807) is 50.2 Å². The Bertz CT molecular complexity index is 1620. The summed E-state index contributed by atoms with van der Waals surface area (Å²) in [7, 11) is 1.32. The van der Waals surface area contributed by atoms with Gasteiger partial charge in [0.15, 0.2) is 0 Å². The number of nitrogens with one attached hydrogen (secondary N) is 1. The van der Waals surface area contributed by atoms with Crippen molar-refractivity contribution in [1.29, 1.82) is 0 Å². The molecule has 0 amide bonds. The number of carbonyl (C=O) groups is 3. The van der Waals surface area contributed by atoms with Crippen molar-refractivity contribution < 1.29 is 23.9 Å². The van der Waals surface area contributed by atoms with Crippen LogP contribution in [0.15, 0.2) is 90.1 Å². The predicted octanol–water partition coefficient (Wildman–Crippen LogP) is 6.41. The fourth-order valence-corrected chi connectivity index (χ4v) is 6.10. The highest BCUT2D eigenvalue weighted by Crippen LogP contribution is 2.50. The number of nitrogen functional groups attached to an aromatic ring is 1. The summed E-state index contributed by atoms with van der Waals surface area (Å²) in [5, 5.41) is 3.97. The number of fused-ring (bicyclic) bond motifs is 1. The van der Waals surface area contributed by atoms with E-state index < -0.39 is 17.9 Å². The molecule has 0 fully saturated rings. The number of rotatable bonds is 7. The molecule has 0 unspecified atom stereocenters. The molecule has 0 aliphatic carbocycles. The lowest BCUT2D eigenvalue weighted by Crippen LogP contribution is -2.24. The van der Waals surface area contributed by atoms with Crippen LogP contribution in [0, 0.1) is 0 Å². The average molecular weight is 553 g/mol. The van der Waals surface area contributed by atoms with Crippen molar-refractivity contribution in [1.82, 2.24) is 0 Å². The summed E-state index contributed by atoms with van der Waals surface area (Å²) in [4.78, 5) is 39.2. The van der Waals surface area contributed by atoms with E-state index in [1.165, 1.54) is 18.4 Å². The van der Waals surface area contributed by atoms with Gasteiger partial charge in [0.25, 0.3) is 0 Å². The van der Waals surface area contributed by atoms with Crippen LogP contribution < -0.4 is 11.1 Å². The average Bonchev–Trinajstić information content (AvgIpc) is 3.31. The van der Waals surface area contributed by atoms with Gasteiger partial charge in [-0.25, -0.2) is 9.59 Å². The summed E-state index contributed by atoms with van der Waals surface area (Å²) in [5.41, 5.74) is 12.3. The van der Waals surface area contributed by atoms with Crippen LogP contribution in [-0.2, 0) is 14.3 Å². The molecular formula is C32H28N2O5S. The smallest absolute Gasteiger partial charge is 0.337 e. The van der Waals surface area contributed by atoms with Crippen LogP contribution in [0.1, 0.15) is 56.5 Å². The van der Waals surface area contributed by atoms with Crippen molar-refractivity contribution in [2.75, 3.05) is 24.8 Å². The third-order valence-corrected chi connectivity index (χ3v) is 8.02. The number of hydrogen-bond acceptors (Lipinski definition) is 8. The van der Waals surface area contributed by atoms with Crippen LogP contribution in [0.3, 0.4) is 0 Å². The molecule has 1 aliphatic heterocycles. The van der Waals surface area contributed by atoms with Gasteiger partial charge in [-0.1, -0.05) is 66.7 Å². The number of methoxy groups -OCH3 is 1. The summed E-state index contributed by atoms with van der Waals surface area (Å²) >= 11 is 1.26. The van der Waals surface area contributed by atoms with Crippen LogP contribution >= 0.6 is 11.3 Å². The minimum Gasteiger partial charge on any atom is -0.465 e. The summed E-state index contributed by atoms with van der Waals surface area (Å²) in [5.74, 6) is -1.74. The number of nitrogens with two attached hydrogens (primary N) is 1. The Morgan fingerprint density at radius 3 is 2.12 bits per heavy atom. The van der Waals surface area contributed by atoms with Gasteiger partial charge in [0.05, 0.1) is 35.5 Å². The quantitative estimate of drug-likeness (QED) is 0.201. The lowest BCUT2D eigenvalue weighted by atomic mass is 9.81. The molecule has 3 aromatic carbocycles. The van der Waals surface area contributed by atoms with E-state index in [0.717, 1.165) is 16.7 Å². The molecule has 0 bridgehead atoms. The van der Waals surface area contributed by atoms with E-state index >= 15 is 0 Å². The largest absolute Gasteiger partial charge is 0.465 e. The van der Waals surface area contributed by atoms with Crippen molar-refractivity contribution >= 4 is 39.7 Å². The molecule has 3 N–H and O–H groups in total. The first-order valence-electron chi connectivity index (χ1n) is 12.8. The number of ether oxygens (including phenoxy) is 2. The van der Waals surface area contributed by atoms with Crippen LogP contribution in [0.2, 0.25) is 0 Å². The molecule has 0 saturated heterocycles. The standard InChI is InChI=1S/C32H28N2O5S/c1-4-39-32(37)24-18(2)34-30-26(25(24)21-12-16-23(17-13-21)31(36)38-3)27(33)29(40-30)28(35)22-14-10-20(11-15-22)19-8-6-5-7-9-19/h5-17,25,34H,4,33H2,1-3H3/t25-/m0/s1. The Balaban J connectivity index is 1.56. The highest BCUT2D eigenvalue weighted by atomic mass is 32.1. The van der Waals surface area contributed by atoms with Crippen molar-refractivity contribution in [3.63, 3.8) is 0 Å². The summed E-state index contributed by atoms with van der Waals surface area (Å²) in [6.45, 7) is 3.75. The predicted molar refractivity (Wildman–Crippen MR) is 157 cm³/mol. The van der Waals surface area contributed by atoms with Gasteiger partial charge in [0, 0.05) is 22.7 Å². The zero-order valence-corrected chi connectivity index (χ0v) is 23.1. The molecule has 2 heterocycles. The Kier molecular flexibility index (Phi) is 7.53. The second kappa shape index (κ2) is 11.2. The fraction of sp³-hybridized carbons (Fsp3) is 0.156. The first-order valence-corrected chi connectivity index (χ1v) is 13.6. The summed E-state index contributed by atoms with van der Waals surface area (Å²) < 4.78 is 10.2. The zero-order valence-electron chi connectivity index (χ0n) is 22.3. The highest BCUT2D eigenvalue weighted by molar-refractivity contribution is 7.19. The number of thiophene rings is 1. The molecule has 0 saturated carbocycles. The molecule has 0 radical (unpaired) electrons. The van der Waals surface area contributed by atoms with Gasteiger partial charge >= 0.3 is 11.9 Å². The van der Waals surface area contributed by atoms with Crippen molar-refractivity contribution in [3.8, 4) is 11.1 Å². The molecule has 0 spiro atoms. The molecular weight excluding hydrogens is 524 g/mol. The van der Waals surface area contributed by atoms with Crippen LogP contribution in [0.4, 0.5) is 10.7 Å². The maximum Gasteiger partial charge on any atom is 0.337 e. The van der Waals surface area contributed by atoms with Gasteiger partial charge in [-0.15, -0.1) is 11.3 Å². The first-order chi connectivity index (χ1) is 19.3. The topological polar surface area (TPSA) is 108 Å². The number of hydrogen-bond donors (Lipinski definition) is 2. The van der Waals surface area contributed by atoms with Gasteiger partial charge in [-0.05, 0) is 42.7 Å². The number of esters is 2. The van der Waals surface area contributed by atoms with E-state index in [-0.39, 0.29) is 12.4 Å². The summed E-state index contributed by atoms with van der Waals surface area (Å²) in [6, 6.07) is 24.2. The van der Waals surface area contributed by atoms with Gasteiger partial charge in [-0.3, -0.25) is 4.79 Å². The van der Waals surface area contributed by atoms with Crippen molar-refractivity contribution in [2.45, 2.75) is 19.8 Å². The van der Waals surface area contributed by atoms with Crippen LogP contribution in [-0.4, -0.2) is 31.4 Å². The third-order valence-electron chi connectivity index (χ3n) is 6.89. The van der Waals surface area contributed by atoms with E-state index in [9.17, 15) is 14.4 Å². The van der Waals surface area contributed by atoms with Crippen molar-refractivity contribution in [2.24, 2.45) is 0 Å². The Labute approximate surface area is 236 Å². The lowest BCUT2D eigenvalue weighted by Gasteiger charge is -2.28. The minimum absolute atomic E-state index is 0.201. The second-order valence-corrected chi connectivity index (χ2v) is 10.3. The van der Waals surface area contributed by atoms with E-state index in [0.29, 0.717) is 43.5 Å². The highest BCUT2D eigenvalue weighted by Gasteiger charge is 2.38. The van der Waals surface area contributed by atoms with Gasteiger partial charge in [-0.2, -0.15) is 0 Å². The van der Waals surface area contributed by atoms with Gasteiger partial charge in [0.1, 0.15) is 4.88 Å². The number of ketones is 1. The molecule has 4 aromatic rings. The minimum atomic E-state index is -0.597. The first kappa shape index (κ1) is 26.9. The molecule has 5 rings (SSSR count). The molecule has 40 heavy (non-hydrogen) atoms.